The number of sulfonamides is 1. The van der Waals surface area contributed by atoms with Gasteiger partial charge in [0.25, 0.3) is 0 Å². The van der Waals surface area contributed by atoms with Crippen molar-refractivity contribution in [3.05, 3.63) is 30.9 Å². The first-order valence-corrected chi connectivity index (χ1v) is 11.8. The molecule has 7 nitrogen and oxygen atoms in total. The van der Waals surface area contributed by atoms with E-state index in [1.807, 2.05) is 0 Å². The SMILES string of the molecule is C=CCNC(=O)CN1C(=O)CSc2cc(S(=O)(=O)N3CCCCCC3)ccc21. The van der Waals surface area contributed by atoms with E-state index in [4.69, 9.17) is 0 Å². The number of amides is 2. The maximum absolute atomic E-state index is 13.0. The van der Waals surface area contributed by atoms with Crippen LogP contribution in [0.4, 0.5) is 5.69 Å². The summed E-state index contributed by atoms with van der Waals surface area (Å²) in [7, 11) is -3.56. The van der Waals surface area contributed by atoms with Crippen LogP contribution in [0.3, 0.4) is 0 Å². The molecule has 1 aromatic rings. The third-order valence-corrected chi connectivity index (χ3v) is 7.75. The minimum atomic E-state index is -3.56. The van der Waals surface area contributed by atoms with Gasteiger partial charge < -0.3 is 10.2 Å². The highest BCUT2D eigenvalue weighted by Gasteiger charge is 2.30. The van der Waals surface area contributed by atoms with Crippen molar-refractivity contribution in [2.75, 3.05) is 36.8 Å². The van der Waals surface area contributed by atoms with E-state index in [9.17, 15) is 18.0 Å². The van der Waals surface area contributed by atoms with Crippen molar-refractivity contribution in [3.63, 3.8) is 0 Å². The molecule has 2 heterocycles. The average Bonchev–Trinajstić information content (AvgIpc) is 2.98. The number of thioether (sulfide) groups is 1. The lowest BCUT2D eigenvalue weighted by Crippen LogP contribution is -2.43. The minimum Gasteiger partial charge on any atom is -0.351 e. The van der Waals surface area contributed by atoms with Crippen LogP contribution in [-0.4, -0.2) is 56.5 Å². The molecule has 2 aliphatic heterocycles. The van der Waals surface area contributed by atoms with Crippen molar-refractivity contribution in [1.29, 1.82) is 0 Å². The Morgan fingerprint density at radius 1 is 1.21 bits per heavy atom. The van der Waals surface area contributed by atoms with Gasteiger partial charge in [0.15, 0.2) is 0 Å². The fourth-order valence-electron chi connectivity index (χ4n) is 3.34. The summed E-state index contributed by atoms with van der Waals surface area (Å²) in [5, 5.41) is 2.66. The van der Waals surface area contributed by atoms with E-state index in [0.717, 1.165) is 25.7 Å². The molecule has 0 aromatic heterocycles. The van der Waals surface area contributed by atoms with Gasteiger partial charge in [-0.3, -0.25) is 9.59 Å². The van der Waals surface area contributed by atoms with Crippen molar-refractivity contribution in [2.45, 2.75) is 35.5 Å². The molecule has 0 unspecified atom stereocenters. The molecule has 1 saturated heterocycles. The van der Waals surface area contributed by atoms with E-state index in [1.54, 1.807) is 22.5 Å². The topological polar surface area (TPSA) is 86.8 Å². The standard InChI is InChI=1S/C19H25N3O4S2/c1-2-9-20-18(23)13-22-16-8-7-15(12-17(16)27-14-19(22)24)28(25,26)21-10-5-3-4-6-11-21/h2,7-8,12H,1,3-6,9-11,13-14H2,(H,20,23). The fraction of sp³-hybridized carbons (Fsp3) is 0.474. The van der Waals surface area contributed by atoms with Gasteiger partial charge in [-0.05, 0) is 31.0 Å². The van der Waals surface area contributed by atoms with Crippen LogP contribution in [0.1, 0.15) is 25.7 Å². The molecule has 3 rings (SSSR count). The number of fused-ring (bicyclic) bond motifs is 1. The second-order valence-electron chi connectivity index (χ2n) is 6.81. The van der Waals surface area contributed by atoms with Crippen molar-refractivity contribution in [2.24, 2.45) is 0 Å². The summed E-state index contributed by atoms with van der Waals surface area (Å²) in [6.45, 7) is 4.86. The molecule has 2 amide bonds. The smallest absolute Gasteiger partial charge is 0.243 e. The number of benzene rings is 1. The highest BCUT2D eigenvalue weighted by molar-refractivity contribution is 8.00. The van der Waals surface area contributed by atoms with Gasteiger partial charge in [0.2, 0.25) is 21.8 Å². The Balaban J connectivity index is 1.84. The molecule has 0 radical (unpaired) electrons. The van der Waals surface area contributed by atoms with Gasteiger partial charge in [-0.1, -0.05) is 18.9 Å². The van der Waals surface area contributed by atoms with Crippen molar-refractivity contribution < 1.29 is 18.0 Å². The van der Waals surface area contributed by atoms with Gasteiger partial charge in [0.05, 0.1) is 16.3 Å². The zero-order valence-corrected chi connectivity index (χ0v) is 17.4. The van der Waals surface area contributed by atoms with Crippen molar-refractivity contribution in [1.82, 2.24) is 9.62 Å². The van der Waals surface area contributed by atoms with Crippen molar-refractivity contribution in [3.8, 4) is 0 Å². The third kappa shape index (κ3) is 4.59. The van der Waals surface area contributed by atoms with Gasteiger partial charge in [-0.25, -0.2) is 8.42 Å². The second-order valence-corrected chi connectivity index (χ2v) is 9.76. The van der Waals surface area contributed by atoms with Gasteiger partial charge in [0, 0.05) is 24.5 Å². The Kier molecular flexibility index (Phi) is 6.79. The van der Waals surface area contributed by atoms with Gasteiger partial charge in [0.1, 0.15) is 6.54 Å². The number of hydrogen-bond donors (Lipinski definition) is 1. The normalized spacial score (nSPS) is 18.3. The van der Waals surface area contributed by atoms with E-state index in [2.05, 4.69) is 11.9 Å². The molecule has 0 bridgehead atoms. The summed E-state index contributed by atoms with van der Waals surface area (Å²) in [6, 6.07) is 4.79. The van der Waals surface area contributed by atoms with Crippen LogP contribution in [0.5, 0.6) is 0 Å². The molecule has 1 N–H and O–H groups in total. The fourth-order valence-corrected chi connectivity index (χ4v) is 5.92. The Labute approximate surface area is 170 Å². The Morgan fingerprint density at radius 2 is 1.93 bits per heavy atom. The lowest BCUT2D eigenvalue weighted by molar-refractivity contribution is -0.122. The number of hydrogen-bond acceptors (Lipinski definition) is 5. The quantitative estimate of drug-likeness (QED) is 0.707. The second kappa shape index (κ2) is 9.11. The van der Waals surface area contributed by atoms with E-state index >= 15 is 0 Å². The summed E-state index contributed by atoms with van der Waals surface area (Å²) in [5.41, 5.74) is 0.574. The van der Waals surface area contributed by atoms with E-state index in [0.29, 0.717) is 30.2 Å². The predicted octanol–water partition coefficient (Wildman–Crippen LogP) is 1.99. The van der Waals surface area contributed by atoms with Gasteiger partial charge in [-0.15, -0.1) is 18.3 Å². The van der Waals surface area contributed by atoms with Crippen LogP contribution in [0.25, 0.3) is 0 Å². The molecule has 2 aliphatic rings. The van der Waals surface area contributed by atoms with Crippen LogP contribution in [0.15, 0.2) is 40.6 Å². The third-order valence-electron chi connectivity index (χ3n) is 4.82. The molecule has 0 atom stereocenters. The first-order chi connectivity index (χ1) is 13.4. The molecule has 152 valence electrons. The van der Waals surface area contributed by atoms with Crippen LogP contribution < -0.4 is 10.2 Å². The summed E-state index contributed by atoms with van der Waals surface area (Å²) in [6.07, 6.45) is 5.43. The molecule has 0 aliphatic carbocycles. The highest BCUT2D eigenvalue weighted by Crippen LogP contribution is 2.37. The van der Waals surface area contributed by atoms with Crippen LogP contribution in [0, 0.1) is 0 Å². The predicted molar refractivity (Wildman–Crippen MR) is 110 cm³/mol. The van der Waals surface area contributed by atoms with Crippen molar-refractivity contribution >= 4 is 39.3 Å². The molecule has 1 aromatic carbocycles. The lowest BCUT2D eigenvalue weighted by atomic mass is 10.2. The Morgan fingerprint density at radius 3 is 2.61 bits per heavy atom. The lowest BCUT2D eigenvalue weighted by Gasteiger charge is -2.29. The van der Waals surface area contributed by atoms with Crippen LogP contribution in [-0.2, 0) is 19.6 Å². The first-order valence-electron chi connectivity index (χ1n) is 9.38. The molecule has 1 fully saturated rings. The van der Waals surface area contributed by atoms with Crippen LogP contribution in [0.2, 0.25) is 0 Å². The van der Waals surface area contributed by atoms with Crippen LogP contribution >= 0.6 is 11.8 Å². The van der Waals surface area contributed by atoms with E-state index in [1.165, 1.54) is 22.7 Å². The van der Waals surface area contributed by atoms with E-state index in [-0.39, 0.29) is 29.0 Å². The summed E-state index contributed by atoms with van der Waals surface area (Å²) in [5.74, 6) is -0.281. The number of carbonyl (C=O) groups excluding carboxylic acids is 2. The average molecular weight is 424 g/mol. The number of anilines is 1. The molecule has 0 spiro atoms. The van der Waals surface area contributed by atoms with E-state index < -0.39 is 10.0 Å². The molecule has 9 heteroatoms. The Hall–Kier alpha value is -1.84. The zero-order chi connectivity index (χ0) is 20.1. The number of carbonyl (C=O) groups is 2. The monoisotopic (exact) mass is 423 g/mol. The van der Waals surface area contributed by atoms with Gasteiger partial charge >= 0.3 is 0 Å². The summed E-state index contributed by atoms with van der Waals surface area (Å²) >= 11 is 1.30. The number of nitrogens with zero attached hydrogens (tertiary/aromatic N) is 2. The number of rotatable bonds is 6. The Bertz CT molecular complexity index is 862. The molecule has 28 heavy (non-hydrogen) atoms. The molecule has 0 saturated carbocycles. The van der Waals surface area contributed by atoms with Gasteiger partial charge in [-0.2, -0.15) is 4.31 Å². The first kappa shape index (κ1) is 20.9. The molecular weight excluding hydrogens is 398 g/mol. The summed E-state index contributed by atoms with van der Waals surface area (Å²) < 4.78 is 27.6. The maximum atomic E-state index is 13.0. The minimum absolute atomic E-state index is 0.0988. The number of nitrogens with one attached hydrogen (secondary N) is 1. The molecular formula is C19H25N3O4S2. The highest BCUT2D eigenvalue weighted by atomic mass is 32.2. The summed E-state index contributed by atoms with van der Waals surface area (Å²) in [4.78, 5) is 26.7. The largest absolute Gasteiger partial charge is 0.351 e. The zero-order valence-electron chi connectivity index (χ0n) is 15.7. The maximum Gasteiger partial charge on any atom is 0.243 e.